The molecule has 176 valence electrons. The first-order valence-electron chi connectivity index (χ1n) is 11.2. The molecule has 1 N–H and O–H groups in total. The van der Waals surface area contributed by atoms with E-state index in [9.17, 15) is 14.7 Å². The van der Waals surface area contributed by atoms with Crippen LogP contribution in [0.3, 0.4) is 0 Å². The van der Waals surface area contributed by atoms with Gasteiger partial charge in [-0.25, -0.2) is 4.79 Å². The molecule has 2 heterocycles. The average molecular weight is 452 g/mol. The first kappa shape index (κ1) is 25.8. The minimum atomic E-state index is -2.07. The Bertz CT molecular complexity index is 774. The van der Waals surface area contributed by atoms with E-state index in [-0.39, 0.29) is 47.2 Å². The lowest BCUT2D eigenvalue weighted by Crippen LogP contribution is -2.65. The zero-order valence-corrected chi connectivity index (χ0v) is 21.9. The highest BCUT2D eigenvalue weighted by atomic mass is 28.4. The van der Waals surface area contributed by atoms with Gasteiger partial charge in [-0.15, -0.1) is 0 Å². The molecule has 0 saturated carbocycles. The van der Waals surface area contributed by atoms with Crippen molar-refractivity contribution in [3.8, 4) is 0 Å². The molecule has 1 unspecified atom stereocenters. The second kappa shape index (κ2) is 8.48. The maximum Gasteiger partial charge on any atom is 0.355 e. The molecule has 0 bridgehead atoms. The van der Waals surface area contributed by atoms with Gasteiger partial charge in [-0.3, -0.25) is 4.79 Å². The molecule has 6 nitrogen and oxygen atoms in total. The summed E-state index contributed by atoms with van der Waals surface area (Å²) in [6, 6.07) is -0.217. The Morgan fingerprint density at radius 3 is 2.26 bits per heavy atom. The minimum absolute atomic E-state index is 0.0283. The van der Waals surface area contributed by atoms with Crippen molar-refractivity contribution in [3.05, 3.63) is 23.9 Å². The van der Waals surface area contributed by atoms with Gasteiger partial charge in [0, 0.05) is 5.92 Å². The molecule has 1 amide bonds. The highest BCUT2D eigenvalue weighted by molar-refractivity contribution is 6.74. The second-order valence-corrected chi connectivity index (χ2v) is 16.3. The van der Waals surface area contributed by atoms with Gasteiger partial charge < -0.3 is 19.2 Å². The van der Waals surface area contributed by atoms with Gasteiger partial charge in [0.15, 0.2) is 8.32 Å². The molecule has 31 heavy (non-hydrogen) atoms. The molecular formula is C24H41NO5Si. The van der Waals surface area contributed by atoms with Gasteiger partial charge >= 0.3 is 5.97 Å². The summed E-state index contributed by atoms with van der Waals surface area (Å²) in [6.45, 7) is 24.2. The number of amides is 1. The van der Waals surface area contributed by atoms with Gasteiger partial charge in [-0.2, -0.15) is 0 Å². The Hall–Kier alpha value is -1.44. The van der Waals surface area contributed by atoms with Gasteiger partial charge in [-0.05, 0) is 36.0 Å². The van der Waals surface area contributed by atoms with E-state index in [4.69, 9.17) is 9.16 Å². The summed E-state index contributed by atoms with van der Waals surface area (Å²) in [4.78, 5) is 27.7. The molecule has 0 aliphatic carbocycles. The van der Waals surface area contributed by atoms with Crippen LogP contribution in [0, 0.1) is 17.3 Å². The largest absolute Gasteiger partial charge is 0.457 e. The number of fused-ring (bicyclic) bond motifs is 1. The predicted molar refractivity (Wildman–Crippen MR) is 125 cm³/mol. The Kier molecular flexibility index (Phi) is 7.06. The first-order chi connectivity index (χ1) is 14.0. The van der Waals surface area contributed by atoms with E-state index in [1.807, 2.05) is 34.6 Å². The Morgan fingerprint density at radius 2 is 1.81 bits per heavy atom. The van der Waals surface area contributed by atoms with Gasteiger partial charge in [0.05, 0.1) is 24.2 Å². The van der Waals surface area contributed by atoms with Crippen LogP contribution in [0.1, 0.15) is 55.4 Å². The highest BCUT2D eigenvalue weighted by Crippen LogP contribution is 2.51. The summed E-state index contributed by atoms with van der Waals surface area (Å²) in [5.74, 6) is -1.24. The molecule has 2 aliphatic rings. The summed E-state index contributed by atoms with van der Waals surface area (Å²) >= 11 is 0. The van der Waals surface area contributed by atoms with Crippen LogP contribution in [-0.4, -0.2) is 55.1 Å². The summed E-state index contributed by atoms with van der Waals surface area (Å²) in [5, 5.41) is 11.1. The molecule has 0 aromatic carbocycles. The number of hydrogen-bond donors (Lipinski definition) is 1. The van der Waals surface area contributed by atoms with Gasteiger partial charge in [0.2, 0.25) is 5.91 Å². The molecule has 1 saturated heterocycles. The van der Waals surface area contributed by atoms with Crippen molar-refractivity contribution < 1.29 is 23.9 Å². The second-order valence-electron chi connectivity index (χ2n) is 11.6. The quantitative estimate of drug-likeness (QED) is 0.271. The number of carbonyl (C=O) groups is 2. The van der Waals surface area contributed by atoms with E-state index < -0.39 is 25.8 Å². The monoisotopic (exact) mass is 451 g/mol. The lowest BCUT2D eigenvalue weighted by Gasteiger charge is -2.50. The molecule has 0 radical (unpaired) electrons. The van der Waals surface area contributed by atoms with Crippen LogP contribution in [-0.2, 0) is 18.8 Å². The smallest absolute Gasteiger partial charge is 0.355 e. The number of esters is 1. The lowest BCUT2D eigenvalue weighted by molar-refractivity contribution is -0.163. The predicted octanol–water partition coefficient (Wildman–Crippen LogP) is 4.26. The molecule has 5 atom stereocenters. The Labute approximate surface area is 188 Å². The topological polar surface area (TPSA) is 76.1 Å². The maximum absolute atomic E-state index is 13.3. The molecule has 0 aromatic rings. The zero-order valence-electron chi connectivity index (χ0n) is 20.9. The number of carbonyl (C=O) groups excluding carboxylic acids is 2. The van der Waals surface area contributed by atoms with Gasteiger partial charge in [0.1, 0.15) is 12.3 Å². The van der Waals surface area contributed by atoms with Crippen molar-refractivity contribution in [1.29, 1.82) is 0 Å². The van der Waals surface area contributed by atoms with Crippen LogP contribution in [0.5, 0.6) is 0 Å². The first-order valence-corrected chi connectivity index (χ1v) is 14.1. The van der Waals surface area contributed by atoms with E-state index in [0.29, 0.717) is 5.57 Å². The summed E-state index contributed by atoms with van der Waals surface area (Å²) in [6.07, 6.45) is 0.349. The normalized spacial score (nSPS) is 26.4. The van der Waals surface area contributed by atoms with Crippen LogP contribution in [0.2, 0.25) is 18.1 Å². The average Bonchev–Trinajstić information content (AvgIpc) is 2.85. The van der Waals surface area contributed by atoms with Crippen LogP contribution in [0.15, 0.2) is 23.9 Å². The molecule has 0 aromatic heterocycles. The van der Waals surface area contributed by atoms with Crippen molar-refractivity contribution in [2.24, 2.45) is 17.3 Å². The van der Waals surface area contributed by atoms with Crippen LogP contribution >= 0.6 is 0 Å². The summed E-state index contributed by atoms with van der Waals surface area (Å²) < 4.78 is 11.8. The Morgan fingerprint density at radius 1 is 1.26 bits per heavy atom. The fourth-order valence-electron chi connectivity index (χ4n) is 4.32. The van der Waals surface area contributed by atoms with E-state index in [1.165, 1.54) is 11.0 Å². The lowest BCUT2D eigenvalue weighted by atomic mass is 9.74. The fourth-order valence-corrected chi connectivity index (χ4v) is 5.75. The zero-order chi connectivity index (χ0) is 24.1. The van der Waals surface area contributed by atoms with E-state index in [2.05, 4.69) is 40.4 Å². The molecule has 1 fully saturated rings. The van der Waals surface area contributed by atoms with E-state index in [0.717, 1.165) is 0 Å². The number of aliphatic hydroxyl groups is 1. The molecule has 2 aliphatic heterocycles. The highest BCUT2D eigenvalue weighted by Gasteiger charge is 2.62. The maximum atomic E-state index is 13.3. The fraction of sp³-hybridized carbons (Fsp3) is 0.750. The minimum Gasteiger partial charge on any atom is -0.457 e. The number of aliphatic hydroxyl groups excluding tert-OH is 1. The molecular weight excluding hydrogens is 410 g/mol. The number of hydrogen-bond acceptors (Lipinski definition) is 5. The third-order valence-electron chi connectivity index (χ3n) is 7.14. The SMILES string of the molecule is C=CCOC(=O)C1=C([C@H](O)C(C)(C)C)[C@H](C)C2[C@@H]([C@@H](C)O[Si](C)(C)C(C)(C)C)C(=O)N12. The van der Waals surface area contributed by atoms with Crippen molar-refractivity contribution in [1.82, 2.24) is 4.90 Å². The van der Waals surface area contributed by atoms with Crippen LogP contribution in [0.4, 0.5) is 0 Å². The van der Waals surface area contributed by atoms with E-state index >= 15 is 0 Å². The number of ether oxygens (including phenoxy) is 1. The van der Waals surface area contributed by atoms with Crippen molar-refractivity contribution >= 4 is 20.2 Å². The Balaban J connectivity index is 2.40. The summed E-state index contributed by atoms with van der Waals surface area (Å²) in [7, 11) is -2.07. The van der Waals surface area contributed by atoms with Crippen molar-refractivity contribution in [2.45, 2.75) is 91.8 Å². The van der Waals surface area contributed by atoms with Crippen molar-refractivity contribution in [3.63, 3.8) is 0 Å². The third kappa shape index (κ3) is 4.55. The number of β-lactam (4-membered cyclic amide) rings is 1. The molecule has 2 rings (SSSR count). The van der Waals surface area contributed by atoms with Gasteiger partial charge in [-0.1, -0.05) is 61.1 Å². The van der Waals surface area contributed by atoms with Crippen molar-refractivity contribution in [2.75, 3.05) is 6.61 Å². The number of rotatable bonds is 7. The number of nitrogens with zero attached hydrogens (tertiary/aromatic N) is 1. The molecule has 0 spiro atoms. The standard InChI is InChI=1S/C24H41NO5Si/c1-12-13-29-22(28)19-16(20(26)23(4,5)6)14(2)18-17(21(27)25(18)19)15(3)30-31(10,11)24(7,8)9/h12,14-15,17-18,20,26H,1,13H2,2-11H3/t14-,15+,17+,18?,20-/m0/s1. The summed E-state index contributed by atoms with van der Waals surface area (Å²) in [5.41, 5.74) is 0.296. The van der Waals surface area contributed by atoms with E-state index in [1.54, 1.807) is 0 Å². The third-order valence-corrected chi connectivity index (χ3v) is 11.7. The van der Waals surface area contributed by atoms with Gasteiger partial charge in [0.25, 0.3) is 0 Å². The van der Waals surface area contributed by atoms with Crippen LogP contribution < -0.4 is 0 Å². The molecule has 7 heteroatoms. The van der Waals surface area contributed by atoms with Crippen LogP contribution in [0.25, 0.3) is 0 Å².